The highest BCUT2D eigenvalue weighted by Gasteiger charge is 2.31. The molecule has 3 aliphatic heterocycles. The number of hydrogen-bond acceptors (Lipinski definition) is 9. The van der Waals surface area contributed by atoms with E-state index in [0.717, 1.165) is 50.3 Å². The third-order valence-corrected chi connectivity index (χ3v) is 10.9. The molecular formula is C37H37Cl2F2N9O2. The maximum Gasteiger partial charge on any atom is 0.297 e. The lowest BCUT2D eigenvalue weighted by atomic mass is 10.0. The van der Waals surface area contributed by atoms with Gasteiger partial charge in [-0.2, -0.15) is 5.10 Å². The Morgan fingerprint density at radius 2 is 1.69 bits per heavy atom. The second-order valence-electron chi connectivity index (χ2n) is 13.6. The number of anilines is 3. The molecule has 3 aromatic heterocycles. The molecule has 3 N–H and O–H groups in total. The number of aliphatic hydroxyl groups is 1. The van der Waals surface area contributed by atoms with Crippen molar-refractivity contribution in [1.29, 1.82) is 0 Å². The highest BCUT2D eigenvalue weighted by Crippen LogP contribution is 2.41. The van der Waals surface area contributed by atoms with Gasteiger partial charge >= 0.3 is 0 Å². The number of amides is 1. The zero-order chi connectivity index (χ0) is 35.9. The SMILES string of the molecule is O=C(Nc1cccc(-c2cccc(Nc3nc(C(F)F)nc4cc(CN5CC[C@@H](O)C5)cnc34)c2Cl)c1Cl)c1cc2n(n1)CCCC2N1CCCC1. The molecule has 11 nitrogen and oxygen atoms in total. The number of fused-ring (bicyclic) bond motifs is 2. The van der Waals surface area contributed by atoms with Crippen LogP contribution in [0.3, 0.4) is 0 Å². The molecule has 0 radical (unpaired) electrons. The van der Waals surface area contributed by atoms with E-state index in [4.69, 9.17) is 23.2 Å². The number of β-amino-alcohol motifs (C(OH)–C–C–N with tert-alkyl or cyclic N) is 1. The summed E-state index contributed by atoms with van der Waals surface area (Å²) in [4.78, 5) is 30.8. The van der Waals surface area contributed by atoms with E-state index in [1.54, 1.807) is 48.7 Å². The number of carbonyl (C=O) groups excluding carboxylic acids is 1. The van der Waals surface area contributed by atoms with Gasteiger partial charge in [0.15, 0.2) is 17.3 Å². The maximum absolute atomic E-state index is 14.0. The summed E-state index contributed by atoms with van der Waals surface area (Å²) in [5, 5.41) is 21.1. The van der Waals surface area contributed by atoms with Crippen molar-refractivity contribution in [3.63, 3.8) is 0 Å². The Kier molecular flexibility index (Phi) is 9.79. The molecular weight excluding hydrogens is 711 g/mol. The average molecular weight is 749 g/mol. The topological polar surface area (TPSA) is 124 Å². The van der Waals surface area contributed by atoms with E-state index >= 15 is 0 Å². The number of pyridine rings is 1. The van der Waals surface area contributed by atoms with Crippen LogP contribution in [0.15, 0.2) is 54.7 Å². The van der Waals surface area contributed by atoms with Crippen LogP contribution in [0.5, 0.6) is 0 Å². The molecule has 0 spiro atoms. The van der Waals surface area contributed by atoms with Crippen LogP contribution in [-0.2, 0) is 13.1 Å². The van der Waals surface area contributed by atoms with Crippen LogP contribution in [0, 0.1) is 0 Å². The van der Waals surface area contributed by atoms with Crippen LogP contribution in [0.2, 0.25) is 10.0 Å². The number of aliphatic hydroxyl groups excluding tert-OH is 1. The first-order valence-electron chi connectivity index (χ1n) is 17.5. The number of likely N-dealkylation sites (tertiary alicyclic amines) is 2. The standard InChI is InChI=1S/C37H37Cl2F2N9O2/c38-31-23(24-7-4-9-26(32(24)39)45-37(52)28-17-30-29(49-12-1-2-13-49)10-5-14-50(30)47-28)6-3-8-25(31)43-35-33-27(44-36(46-35)34(40)41)16-21(18-42-33)19-48-15-11-22(51)20-48/h3-4,6-9,16-18,22,29,34,51H,1-2,5,10-15,19-20H2,(H,45,52)(H,43,44,46)/t22-,29?/m1/s1. The lowest BCUT2D eigenvalue weighted by Crippen LogP contribution is -2.30. The molecule has 5 aromatic rings. The molecule has 0 bridgehead atoms. The van der Waals surface area contributed by atoms with Gasteiger partial charge in [0.05, 0.1) is 44.8 Å². The van der Waals surface area contributed by atoms with Crippen LogP contribution < -0.4 is 10.6 Å². The predicted molar refractivity (Wildman–Crippen MR) is 196 cm³/mol. The van der Waals surface area contributed by atoms with Crippen LogP contribution in [-0.4, -0.2) is 77.8 Å². The molecule has 1 amide bonds. The van der Waals surface area contributed by atoms with Crippen LogP contribution >= 0.6 is 23.2 Å². The van der Waals surface area contributed by atoms with Crippen LogP contribution in [0.25, 0.3) is 22.2 Å². The Bertz CT molecular complexity index is 2140. The molecule has 2 saturated heterocycles. The molecule has 0 aliphatic carbocycles. The lowest BCUT2D eigenvalue weighted by molar-refractivity contribution is 0.102. The fraction of sp³-hybridized carbons (Fsp3) is 0.378. The molecule has 270 valence electrons. The van der Waals surface area contributed by atoms with Crippen molar-refractivity contribution in [2.45, 2.75) is 63.8 Å². The van der Waals surface area contributed by atoms with Gasteiger partial charge in [0.1, 0.15) is 5.52 Å². The van der Waals surface area contributed by atoms with Crippen molar-refractivity contribution in [1.82, 2.24) is 34.5 Å². The number of aromatic nitrogens is 5. The molecule has 15 heteroatoms. The zero-order valence-electron chi connectivity index (χ0n) is 28.2. The van der Waals surface area contributed by atoms with E-state index in [-0.39, 0.29) is 39.4 Å². The number of alkyl halides is 2. The van der Waals surface area contributed by atoms with Crippen LogP contribution in [0.4, 0.5) is 26.0 Å². The number of nitrogens with one attached hydrogen (secondary N) is 2. The quantitative estimate of drug-likeness (QED) is 0.140. The van der Waals surface area contributed by atoms with Crippen molar-refractivity contribution in [2.75, 3.05) is 36.8 Å². The number of halogens is 4. The molecule has 0 saturated carbocycles. The minimum absolute atomic E-state index is 0.0735. The van der Waals surface area contributed by atoms with Crippen molar-refractivity contribution in [3.05, 3.63) is 87.5 Å². The summed E-state index contributed by atoms with van der Waals surface area (Å²) >= 11 is 13.9. The minimum atomic E-state index is -2.92. The lowest BCUT2D eigenvalue weighted by Gasteiger charge is -2.31. The third-order valence-electron chi connectivity index (χ3n) is 10.1. The predicted octanol–water partition coefficient (Wildman–Crippen LogP) is 7.63. The summed E-state index contributed by atoms with van der Waals surface area (Å²) in [5.74, 6) is -0.930. The Hall–Kier alpha value is -4.27. The first-order chi connectivity index (χ1) is 25.2. The normalized spacial score (nSPS) is 19.4. The zero-order valence-corrected chi connectivity index (χ0v) is 29.7. The Labute approximate surface area is 309 Å². The maximum atomic E-state index is 14.0. The van der Waals surface area contributed by atoms with E-state index in [2.05, 4.69) is 40.5 Å². The highest BCUT2D eigenvalue weighted by atomic mass is 35.5. The Morgan fingerprint density at radius 1 is 0.942 bits per heavy atom. The molecule has 2 atom stereocenters. The number of nitrogens with zero attached hydrogens (tertiary/aromatic N) is 7. The molecule has 6 heterocycles. The van der Waals surface area contributed by atoms with Crippen molar-refractivity contribution in [3.8, 4) is 11.1 Å². The summed E-state index contributed by atoms with van der Waals surface area (Å²) < 4.78 is 29.9. The van der Waals surface area contributed by atoms with Crippen molar-refractivity contribution in [2.24, 2.45) is 0 Å². The van der Waals surface area contributed by atoms with E-state index < -0.39 is 12.2 Å². The first-order valence-corrected chi connectivity index (χ1v) is 18.3. The number of aryl methyl sites for hydroxylation is 1. The summed E-state index contributed by atoms with van der Waals surface area (Å²) in [7, 11) is 0. The summed E-state index contributed by atoms with van der Waals surface area (Å²) in [6, 6.07) is 14.4. The van der Waals surface area contributed by atoms with Crippen LogP contribution in [0.1, 0.15) is 72.1 Å². The molecule has 2 fully saturated rings. The van der Waals surface area contributed by atoms with Gasteiger partial charge in [-0.05, 0) is 75.0 Å². The van der Waals surface area contributed by atoms with Crippen molar-refractivity contribution < 1.29 is 18.7 Å². The fourth-order valence-electron chi connectivity index (χ4n) is 7.55. The van der Waals surface area contributed by atoms with Gasteiger partial charge < -0.3 is 15.7 Å². The van der Waals surface area contributed by atoms with Gasteiger partial charge in [-0.3, -0.25) is 24.3 Å². The molecule has 1 unspecified atom stereocenters. The van der Waals surface area contributed by atoms with E-state index in [9.17, 15) is 18.7 Å². The molecule has 3 aliphatic rings. The first kappa shape index (κ1) is 34.8. The summed E-state index contributed by atoms with van der Waals surface area (Å²) in [6.07, 6.45) is 3.50. The van der Waals surface area contributed by atoms with Gasteiger partial charge in [0, 0.05) is 43.5 Å². The van der Waals surface area contributed by atoms with E-state index in [1.165, 1.54) is 12.8 Å². The monoisotopic (exact) mass is 747 g/mol. The summed E-state index contributed by atoms with van der Waals surface area (Å²) in [6.45, 7) is 4.69. The fourth-order valence-corrected chi connectivity index (χ4v) is 8.10. The molecule has 52 heavy (non-hydrogen) atoms. The number of rotatable bonds is 9. The Balaban J connectivity index is 1.05. The van der Waals surface area contributed by atoms with E-state index in [1.807, 2.05) is 10.7 Å². The number of benzene rings is 2. The summed E-state index contributed by atoms with van der Waals surface area (Å²) in [5.41, 5.74) is 4.64. The average Bonchev–Trinajstić information content (AvgIpc) is 3.92. The van der Waals surface area contributed by atoms with Gasteiger partial charge in [-0.25, -0.2) is 18.7 Å². The highest BCUT2D eigenvalue weighted by molar-refractivity contribution is 6.39. The largest absolute Gasteiger partial charge is 0.392 e. The number of hydrogen-bond donors (Lipinski definition) is 3. The second-order valence-corrected chi connectivity index (χ2v) is 14.4. The Morgan fingerprint density at radius 3 is 2.42 bits per heavy atom. The minimum Gasteiger partial charge on any atom is -0.392 e. The smallest absolute Gasteiger partial charge is 0.297 e. The molecule has 8 rings (SSSR count). The van der Waals surface area contributed by atoms with Gasteiger partial charge in [0.2, 0.25) is 0 Å². The van der Waals surface area contributed by atoms with E-state index in [0.29, 0.717) is 53.2 Å². The third kappa shape index (κ3) is 6.95. The van der Waals surface area contributed by atoms with Crippen molar-refractivity contribution >= 4 is 57.3 Å². The van der Waals surface area contributed by atoms with Gasteiger partial charge in [-0.15, -0.1) is 0 Å². The second kappa shape index (κ2) is 14.6. The number of carbonyl (C=O) groups is 1. The van der Waals surface area contributed by atoms with Gasteiger partial charge in [-0.1, -0.05) is 47.5 Å². The van der Waals surface area contributed by atoms with Gasteiger partial charge in [0.25, 0.3) is 12.3 Å². The molecule has 2 aromatic carbocycles.